The molecule has 2 rings (SSSR count). The molecule has 0 spiro atoms. The molecule has 0 bridgehead atoms. The van der Waals surface area contributed by atoms with E-state index < -0.39 is 0 Å². The number of likely N-dealkylation sites (tertiary alicyclic amines) is 2. The van der Waals surface area contributed by atoms with Gasteiger partial charge in [0.2, 0.25) is 0 Å². The fourth-order valence-electron chi connectivity index (χ4n) is 2.59. The zero-order valence-corrected chi connectivity index (χ0v) is 9.67. The quantitative estimate of drug-likeness (QED) is 0.556. The molecule has 0 aromatic carbocycles. The van der Waals surface area contributed by atoms with Crippen LogP contribution in [0.15, 0.2) is 0 Å². The van der Waals surface area contributed by atoms with Crippen molar-refractivity contribution in [2.75, 3.05) is 32.7 Å². The smallest absolute Gasteiger partial charge is 0.110 e. The topological polar surface area (TPSA) is 30.3 Å². The van der Waals surface area contributed by atoms with Crippen LogP contribution in [-0.2, 0) is 0 Å². The average molecular weight is 209 g/mol. The summed E-state index contributed by atoms with van der Waals surface area (Å²) in [5.41, 5.74) is 0. The zero-order chi connectivity index (χ0) is 10.5. The van der Waals surface area contributed by atoms with Crippen LogP contribution in [0.4, 0.5) is 0 Å². The number of nitrogens with one attached hydrogen (secondary N) is 1. The first-order valence-electron chi connectivity index (χ1n) is 6.41. The van der Waals surface area contributed by atoms with Gasteiger partial charge in [0, 0.05) is 13.1 Å². The summed E-state index contributed by atoms with van der Waals surface area (Å²) in [6.07, 6.45) is 7.95. The maximum atomic E-state index is 8.10. The van der Waals surface area contributed by atoms with Gasteiger partial charge in [-0.05, 0) is 45.2 Å². The highest BCUT2D eigenvalue weighted by Crippen LogP contribution is 2.12. The lowest BCUT2D eigenvalue weighted by molar-refractivity contribution is 0.242. The molecule has 0 amide bonds. The SMILES string of the molecule is N=C(CN1CCCCC1)N1CCCCC1. The Balaban J connectivity index is 1.74. The maximum Gasteiger partial charge on any atom is 0.110 e. The van der Waals surface area contributed by atoms with E-state index in [0.29, 0.717) is 0 Å². The second kappa shape index (κ2) is 5.50. The molecule has 0 aliphatic carbocycles. The fraction of sp³-hybridized carbons (Fsp3) is 0.917. The lowest BCUT2D eigenvalue weighted by Gasteiger charge is -2.33. The molecule has 0 unspecified atom stereocenters. The third kappa shape index (κ3) is 3.20. The van der Waals surface area contributed by atoms with Crippen molar-refractivity contribution >= 4 is 5.84 Å². The second-order valence-electron chi connectivity index (χ2n) is 4.83. The monoisotopic (exact) mass is 209 g/mol. The second-order valence-corrected chi connectivity index (χ2v) is 4.83. The Kier molecular flexibility index (Phi) is 4.01. The van der Waals surface area contributed by atoms with Crippen LogP contribution in [0, 0.1) is 5.41 Å². The predicted octanol–water partition coefficient (Wildman–Crippen LogP) is 1.94. The molecular formula is C12H23N3. The van der Waals surface area contributed by atoms with Crippen molar-refractivity contribution in [1.29, 1.82) is 5.41 Å². The van der Waals surface area contributed by atoms with E-state index in [4.69, 9.17) is 5.41 Å². The van der Waals surface area contributed by atoms with E-state index in [1.807, 2.05) is 0 Å². The molecule has 3 nitrogen and oxygen atoms in total. The van der Waals surface area contributed by atoms with Crippen LogP contribution < -0.4 is 0 Å². The Hall–Kier alpha value is -0.570. The van der Waals surface area contributed by atoms with E-state index in [1.54, 1.807) is 0 Å². The lowest BCUT2D eigenvalue weighted by atomic mass is 10.1. The van der Waals surface area contributed by atoms with Gasteiger partial charge in [-0.25, -0.2) is 0 Å². The standard InChI is InChI=1S/C12H23N3/c13-12(15-9-5-2-6-10-15)11-14-7-3-1-4-8-14/h13H,1-11H2. The maximum absolute atomic E-state index is 8.10. The van der Waals surface area contributed by atoms with Gasteiger partial charge in [0.1, 0.15) is 5.84 Å². The molecule has 0 atom stereocenters. The van der Waals surface area contributed by atoms with Crippen molar-refractivity contribution in [3.8, 4) is 0 Å². The van der Waals surface area contributed by atoms with Gasteiger partial charge >= 0.3 is 0 Å². The first-order chi connectivity index (χ1) is 7.36. The Morgan fingerprint density at radius 1 is 0.800 bits per heavy atom. The van der Waals surface area contributed by atoms with Crippen LogP contribution in [0.3, 0.4) is 0 Å². The van der Waals surface area contributed by atoms with Gasteiger partial charge in [0.05, 0.1) is 6.54 Å². The Morgan fingerprint density at radius 2 is 1.33 bits per heavy atom. The Bertz CT molecular complexity index is 203. The van der Waals surface area contributed by atoms with Crippen molar-refractivity contribution in [2.24, 2.45) is 0 Å². The highest BCUT2D eigenvalue weighted by molar-refractivity contribution is 5.81. The van der Waals surface area contributed by atoms with Crippen LogP contribution in [0.25, 0.3) is 0 Å². The minimum atomic E-state index is 0.858. The number of amidine groups is 1. The van der Waals surface area contributed by atoms with Crippen molar-refractivity contribution < 1.29 is 0 Å². The normalized spacial score (nSPS) is 24.1. The first-order valence-corrected chi connectivity index (χ1v) is 6.41. The number of hydrogen-bond donors (Lipinski definition) is 1. The Labute approximate surface area is 92.9 Å². The van der Waals surface area contributed by atoms with Gasteiger partial charge in [0.25, 0.3) is 0 Å². The van der Waals surface area contributed by atoms with E-state index in [1.165, 1.54) is 51.6 Å². The molecule has 86 valence electrons. The molecule has 2 aliphatic rings. The minimum Gasteiger partial charge on any atom is -0.359 e. The van der Waals surface area contributed by atoms with E-state index in [9.17, 15) is 0 Å². The largest absolute Gasteiger partial charge is 0.359 e. The molecule has 0 radical (unpaired) electrons. The van der Waals surface area contributed by atoms with Gasteiger partial charge < -0.3 is 4.90 Å². The van der Waals surface area contributed by atoms with Gasteiger partial charge in [-0.2, -0.15) is 0 Å². The van der Waals surface area contributed by atoms with Crippen molar-refractivity contribution in [3.05, 3.63) is 0 Å². The van der Waals surface area contributed by atoms with Crippen LogP contribution >= 0.6 is 0 Å². The van der Waals surface area contributed by atoms with Crippen molar-refractivity contribution in [3.63, 3.8) is 0 Å². The van der Waals surface area contributed by atoms with Gasteiger partial charge in [-0.3, -0.25) is 10.3 Å². The van der Waals surface area contributed by atoms with E-state index >= 15 is 0 Å². The highest BCUT2D eigenvalue weighted by atomic mass is 15.2. The molecule has 0 aromatic rings. The molecule has 2 heterocycles. The molecule has 2 fully saturated rings. The van der Waals surface area contributed by atoms with Gasteiger partial charge in [0.15, 0.2) is 0 Å². The van der Waals surface area contributed by atoms with Crippen molar-refractivity contribution in [2.45, 2.75) is 38.5 Å². The summed E-state index contributed by atoms with van der Waals surface area (Å²) in [5.74, 6) is 0.858. The highest BCUT2D eigenvalue weighted by Gasteiger charge is 2.17. The molecule has 2 saturated heterocycles. The summed E-state index contributed by atoms with van der Waals surface area (Å²) in [6, 6.07) is 0. The molecule has 15 heavy (non-hydrogen) atoms. The predicted molar refractivity (Wildman–Crippen MR) is 63.4 cm³/mol. The summed E-state index contributed by atoms with van der Waals surface area (Å²) < 4.78 is 0. The summed E-state index contributed by atoms with van der Waals surface area (Å²) in [4.78, 5) is 4.72. The third-order valence-corrected chi connectivity index (χ3v) is 3.56. The molecule has 3 heteroatoms. The summed E-state index contributed by atoms with van der Waals surface area (Å²) >= 11 is 0. The van der Waals surface area contributed by atoms with Crippen LogP contribution in [0.5, 0.6) is 0 Å². The number of piperidine rings is 2. The minimum absolute atomic E-state index is 0.858. The van der Waals surface area contributed by atoms with Crippen LogP contribution in [-0.4, -0.2) is 48.4 Å². The average Bonchev–Trinajstić information content (AvgIpc) is 2.31. The van der Waals surface area contributed by atoms with Gasteiger partial charge in [-0.15, -0.1) is 0 Å². The Morgan fingerprint density at radius 3 is 1.93 bits per heavy atom. The summed E-state index contributed by atoms with van der Waals surface area (Å²) in [5, 5.41) is 8.10. The number of nitrogens with zero attached hydrogens (tertiary/aromatic N) is 2. The summed E-state index contributed by atoms with van der Waals surface area (Å²) in [7, 11) is 0. The van der Waals surface area contributed by atoms with Crippen molar-refractivity contribution in [1.82, 2.24) is 9.80 Å². The molecular weight excluding hydrogens is 186 g/mol. The third-order valence-electron chi connectivity index (χ3n) is 3.56. The van der Waals surface area contributed by atoms with E-state index in [-0.39, 0.29) is 0 Å². The lowest BCUT2D eigenvalue weighted by Crippen LogP contribution is -2.43. The fourth-order valence-corrected chi connectivity index (χ4v) is 2.59. The van der Waals surface area contributed by atoms with Gasteiger partial charge in [-0.1, -0.05) is 6.42 Å². The molecule has 2 aliphatic heterocycles. The van der Waals surface area contributed by atoms with E-state index in [0.717, 1.165) is 25.5 Å². The molecule has 1 N–H and O–H groups in total. The van der Waals surface area contributed by atoms with Crippen LogP contribution in [0.2, 0.25) is 0 Å². The number of hydrogen-bond acceptors (Lipinski definition) is 2. The van der Waals surface area contributed by atoms with E-state index in [2.05, 4.69) is 9.80 Å². The molecule has 0 aromatic heterocycles. The number of rotatable bonds is 2. The van der Waals surface area contributed by atoms with Crippen LogP contribution in [0.1, 0.15) is 38.5 Å². The first kappa shape index (κ1) is 10.9. The molecule has 0 saturated carbocycles. The summed E-state index contributed by atoms with van der Waals surface area (Å²) in [6.45, 7) is 5.53. The zero-order valence-electron chi connectivity index (χ0n) is 9.67.